The number of halogens is 1. The van der Waals surface area contributed by atoms with Gasteiger partial charge in [0.15, 0.2) is 14.6 Å². The Morgan fingerprint density at radius 1 is 1.37 bits per heavy atom. The number of sulfone groups is 1. The summed E-state index contributed by atoms with van der Waals surface area (Å²) < 4.78 is 40.6. The van der Waals surface area contributed by atoms with Gasteiger partial charge >= 0.3 is 0 Å². The molecule has 0 bridgehead atoms. The van der Waals surface area contributed by atoms with Crippen molar-refractivity contribution < 1.29 is 22.4 Å². The minimum atomic E-state index is -3.95. The van der Waals surface area contributed by atoms with Crippen LogP contribution < -0.4 is 4.80 Å². The summed E-state index contributed by atoms with van der Waals surface area (Å²) in [7, 11) is -3.95. The van der Waals surface area contributed by atoms with Crippen molar-refractivity contribution in [3.05, 3.63) is 41.5 Å². The number of hydrogen-bond donors (Lipinski definition) is 0. The van der Waals surface area contributed by atoms with E-state index in [1.54, 1.807) is 21.6 Å². The molecule has 1 saturated heterocycles. The van der Waals surface area contributed by atoms with Crippen LogP contribution in [0.3, 0.4) is 0 Å². The van der Waals surface area contributed by atoms with Crippen LogP contribution in [0, 0.1) is 11.7 Å². The Morgan fingerprint density at radius 2 is 2.13 bits per heavy atom. The van der Waals surface area contributed by atoms with Crippen molar-refractivity contribution in [1.82, 2.24) is 9.47 Å². The van der Waals surface area contributed by atoms with Gasteiger partial charge in [-0.3, -0.25) is 9.59 Å². The number of hydrogen-bond acceptors (Lipinski definition) is 5. The highest BCUT2D eigenvalue weighted by Crippen LogP contribution is 2.19. The SMILES string of the molecule is C=CCn1c(=NC(=O)CS(=O)(=O)CC(=O)N2CCCC(C)C2)sc2cc(F)ccc21. The Kier molecular flexibility index (Phi) is 6.87. The number of benzene rings is 1. The number of allylic oxidation sites excluding steroid dienone is 1. The number of piperidine rings is 1. The van der Waals surface area contributed by atoms with E-state index in [2.05, 4.69) is 11.6 Å². The van der Waals surface area contributed by atoms with E-state index in [0.29, 0.717) is 35.8 Å². The van der Waals surface area contributed by atoms with Crippen LogP contribution in [0.1, 0.15) is 19.8 Å². The van der Waals surface area contributed by atoms with Crippen molar-refractivity contribution in [1.29, 1.82) is 0 Å². The molecule has 3 rings (SSSR count). The number of carbonyl (C=O) groups is 2. The lowest BCUT2D eigenvalue weighted by Gasteiger charge is -2.30. The van der Waals surface area contributed by atoms with Crippen LogP contribution in [0.5, 0.6) is 0 Å². The zero-order chi connectivity index (χ0) is 21.9. The summed E-state index contributed by atoms with van der Waals surface area (Å²) in [6.45, 7) is 7.09. The summed E-state index contributed by atoms with van der Waals surface area (Å²) in [5.41, 5.74) is 0.671. The number of thiazole rings is 1. The second-order valence-corrected chi connectivity index (χ2v) is 10.6. The predicted molar refractivity (Wildman–Crippen MR) is 114 cm³/mol. The lowest BCUT2D eigenvalue weighted by atomic mass is 10.0. The number of nitrogens with zero attached hydrogens (tertiary/aromatic N) is 3. The molecule has 0 spiro atoms. The van der Waals surface area contributed by atoms with Crippen molar-refractivity contribution in [2.45, 2.75) is 26.3 Å². The monoisotopic (exact) mass is 453 g/mol. The van der Waals surface area contributed by atoms with Gasteiger partial charge in [0.1, 0.15) is 17.3 Å². The molecule has 162 valence electrons. The molecule has 1 aliphatic heterocycles. The molecule has 2 aromatic rings. The average Bonchev–Trinajstić information content (AvgIpc) is 2.97. The smallest absolute Gasteiger partial charge is 0.263 e. The van der Waals surface area contributed by atoms with Gasteiger partial charge in [-0.2, -0.15) is 4.99 Å². The van der Waals surface area contributed by atoms with Crippen LogP contribution in [0.25, 0.3) is 10.2 Å². The van der Waals surface area contributed by atoms with Crippen LogP contribution in [-0.2, 0) is 26.0 Å². The first kappa shape index (κ1) is 22.4. The van der Waals surface area contributed by atoms with Crippen molar-refractivity contribution >= 4 is 43.2 Å². The molecule has 1 atom stereocenters. The fourth-order valence-electron chi connectivity index (χ4n) is 3.51. The quantitative estimate of drug-likeness (QED) is 0.627. The van der Waals surface area contributed by atoms with Crippen LogP contribution in [0.2, 0.25) is 0 Å². The minimum absolute atomic E-state index is 0.256. The minimum Gasteiger partial charge on any atom is -0.342 e. The first-order valence-corrected chi connectivity index (χ1v) is 12.3. The van der Waals surface area contributed by atoms with Gasteiger partial charge in [0.2, 0.25) is 5.91 Å². The third-order valence-corrected chi connectivity index (χ3v) is 7.29. The van der Waals surface area contributed by atoms with Crippen molar-refractivity contribution in [2.75, 3.05) is 24.6 Å². The second-order valence-electron chi connectivity index (χ2n) is 7.52. The number of aromatic nitrogens is 1. The van der Waals surface area contributed by atoms with E-state index < -0.39 is 39.0 Å². The molecular weight excluding hydrogens is 429 g/mol. The molecule has 1 aromatic carbocycles. The summed E-state index contributed by atoms with van der Waals surface area (Å²) in [5.74, 6) is -2.97. The summed E-state index contributed by atoms with van der Waals surface area (Å²) >= 11 is 1.09. The maximum absolute atomic E-state index is 13.5. The molecule has 0 N–H and O–H groups in total. The molecule has 7 nitrogen and oxygen atoms in total. The Hall–Kier alpha value is -2.33. The molecule has 1 unspecified atom stereocenters. The van der Waals surface area contributed by atoms with Gasteiger partial charge in [-0.05, 0) is 37.0 Å². The topological polar surface area (TPSA) is 88.8 Å². The fraction of sp³-hybridized carbons (Fsp3) is 0.450. The van der Waals surface area contributed by atoms with Crippen LogP contribution >= 0.6 is 11.3 Å². The summed E-state index contributed by atoms with van der Waals surface area (Å²) in [5, 5.41) is 0. The Labute approximate surface area is 178 Å². The first-order chi connectivity index (χ1) is 14.2. The number of amides is 2. The number of carbonyl (C=O) groups excluding carboxylic acids is 2. The van der Waals surface area contributed by atoms with E-state index in [4.69, 9.17) is 0 Å². The second kappa shape index (κ2) is 9.22. The van der Waals surface area contributed by atoms with Crippen molar-refractivity contribution in [3.63, 3.8) is 0 Å². The van der Waals surface area contributed by atoms with Gasteiger partial charge < -0.3 is 9.47 Å². The molecule has 2 heterocycles. The molecule has 2 amide bonds. The van der Waals surface area contributed by atoms with Gasteiger partial charge in [0.05, 0.1) is 10.2 Å². The average molecular weight is 454 g/mol. The van der Waals surface area contributed by atoms with Crippen molar-refractivity contribution in [2.24, 2.45) is 10.9 Å². The maximum atomic E-state index is 13.5. The summed E-state index contributed by atoms with van der Waals surface area (Å²) in [6.07, 6.45) is 3.46. The molecular formula is C20H24FN3O4S2. The first-order valence-electron chi connectivity index (χ1n) is 9.64. The highest BCUT2D eigenvalue weighted by Gasteiger charge is 2.27. The Balaban J connectivity index is 1.78. The Morgan fingerprint density at radius 3 is 2.83 bits per heavy atom. The van der Waals surface area contributed by atoms with Gasteiger partial charge in [-0.15, -0.1) is 6.58 Å². The standard InChI is InChI=1S/C20H24FN3O4S2/c1-3-8-24-16-7-6-15(21)10-17(16)29-20(24)22-18(25)12-30(27,28)13-19(26)23-9-4-5-14(2)11-23/h3,6-7,10,14H,1,4-5,8-9,11-13H2,2H3. The van der Waals surface area contributed by atoms with Gasteiger partial charge in [0, 0.05) is 19.6 Å². The summed E-state index contributed by atoms with van der Waals surface area (Å²) in [4.78, 5) is 30.4. The maximum Gasteiger partial charge on any atom is 0.263 e. The molecule has 1 aliphatic rings. The molecule has 0 aliphatic carbocycles. The zero-order valence-electron chi connectivity index (χ0n) is 16.7. The van der Waals surface area contributed by atoms with Gasteiger partial charge in [0.25, 0.3) is 5.91 Å². The third kappa shape index (κ3) is 5.42. The molecule has 0 radical (unpaired) electrons. The molecule has 1 aromatic heterocycles. The normalized spacial score (nSPS) is 18.0. The predicted octanol–water partition coefficient (Wildman–Crippen LogP) is 2.13. The van der Waals surface area contributed by atoms with E-state index in [1.807, 2.05) is 6.92 Å². The van der Waals surface area contributed by atoms with Crippen LogP contribution in [0.15, 0.2) is 35.8 Å². The zero-order valence-corrected chi connectivity index (χ0v) is 18.3. The molecule has 1 fully saturated rings. The van der Waals surface area contributed by atoms with E-state index in [1.165, 1.54) is 12.1 Å². The van der Waals surface area contributed by atoms with Gasteiger partial charge in [-0.1, -0.05) is 24.3 Å². The highest BCUT2D eigenvalue weighted by molar-refractivity contribution is 7.92. The molecule has 30 heavy (non-hydrogen) atoms. The lowest BCUT2D eigenvalue weighted by Crippen LogP contribution is -2.42. The molecule has 10 heteroatoms. The lowest BCUT2D eigenvalue weighted by molar-refractivity contribution is -0.130. The molecule has 0 saturated carbocycles. The van der Waals surface area contributed by atoms with Crippen LogP contribution in [-0.4, -0.2) is 54.3 Å². The number of likely N-dealkylation sites (tertiary alicyclic amines) is 1. The van der Waals surface area contributed by atoms with Gasteiger partial charge in [-0.25, -0.2) is 12.8 Å². The van der Waals surface area contributed by atoms with Crippen LogP contribution in [0.4, 0.5) is 4.39 Å². The van der Waals surface area contributed by atoms with Crippen molar-refractivity contribution in [3.8, 4) is 0 Å². The Bertz CT molecular complexity index is 1150. The van der Waals surface area contributed by atoms with E-state index in [9.17, 15) is 22.4 Å². The highest BCUT2D eigenvalue weighted by atomic mass is 32.2. The third-order valence-electron chi connectivity index (χ3n) is 4.87. The van der Waals surface area contributed by atoms with E-state index in [-0.39, 0.29) is 4.80 Å². The van der Waals surface area contributed by atoms with E-state index >= 15 is 0 Å². The summed E-state index contributed by atoms with van der Waals surface area (Å²) in [6, 6.07) is 4.21. The van der Waals surface area contributed by atoms with E-state index in [0.717, 1.165) is 24.2 Å². The number of rotatable bonds is 6. The number of fused-ring (bicyclic) bond motifs is 1. The largest absolute Gasteiger partial charge is 0.342 e. The fourth-order valence-corrected chi connectivity index (χ4v) is 5.69.